The molecule has 0 aliphatic heterocycles. The van der Waals surface area contributed by atoms with Crippen LogP contribution in [0.25, 0.3) is 0 Å². The quantitative estimate of drug-likeness (QED) is 0.899. The Balaban J connectivity index is 2.10. The molecule has 0 radical (unpaired) electrons. The average molecular weight is 277 g/mol. The van der Waals surface area contributed by atoms with E-state index in [4.69, 9.17) is 9.47 Å². The second-order valence-electron chi connectivity index (χ2n) is 5.32. The van der Waals surface area contributed by atoms with Crippen LogP contribution in [-0.2, 0) is 4.79 Å². The molecule has 0 bridgehead atoms. The van der Waals surface area contributed by atoms with E-state index in [2.05, 4.69) is 5.32 Å². The Kier molecular flexibility index (Phi) is 4.88. The lowest BCUT2D eigenvalue weighted by molar-refractivity contribution is -0.125. The largest absolute Gasteiger partial charge is 0.497 e. The maximum atomic E-state index is 12.2. The van der Waals surface area contributed by atoms with Crippen LogP contribution in [0.3, 0.4) is 0 Å². The first-order valence-electron chi connectivity index (χ1n) is 7.18. The molecule has 1 aliphatic carbocycles. The Hall–Kier alpha value is -1.71. The fraction of sp³-hybridized carbons (Fsp3) is 0.562. The zero-order valence-electron chi connectivity index (χ0n) is 12.4. The zero-order valence-corrected chi connectivity index (χ0v) is 12.4. The van der Waals surface area contributed by atoms with Gasteiger partial charge in [-0.15, -0.1) is 0 Å². The minimum absolute atomic E-state index is 0.0897. The van der Waals surface area contributed by atoms with Crippen molar-refractivity contribution in [2.75, 3.05) is 14.2 Å². The zero-order chi connectivity index (χ0) is 14.5. The van der Waals surface area contributed by atoms with Crippen LogP contribution >= 0.6 is 0 Å². The Labute approximate surface area is 120 Å². The number of nitrogens with one attached hydrogen (secondary N) is 1. The second kappa shape index (κ2) is 6.64. The molecule has 0 spiro atoms. The summed E-state index contributed by atoms with van der Waals surface area (Å²) in [5.41, 5.74) is 0.943. The van der Waals surface area contributed by atoms with Crippen molar-refractivity contribution in [2.24, 2.45) is 5.92 Å². The molecule has 0 saturated heterocycles. The molecule has 1 amide bonds. The van der Waals surface area contributed by atoms with Gasteiger partial charge in [0.2, 0.25) is 5.91 Å². The summed E-state index contributed by atoms with van der Waals surface area (Å²) in [4.78, 5) is 12.2. The minimum atomic E-state index is -0.0897. The van der Waals surface area contributed by atoms with Crippen LogP contribution in [0.15, 0.2) is 18.2 Å². The average Bonchev–Trinajstić information content (AvgIpc) is 3.00. The molecule has 1 N–H and O–H groups in total. The van der Waals surface area contributed by atoms with E-state index in [1.54, 1.807) is 14.2 Å². The van der Waals surface area contributed by atoms with Crippen molar-refractivity contribution < 1.29 is 14.3 Å². The van der Waals surface area contributed by atoms with Crippen molar-refractivity contribution in [3.63, 3.8) is 0 Å². The fourth-order valence-corrected chi connectivity index (χ4v) is 2.77. The van der Waals surface area contributed by atoms with E-state index in [9.17, 15) is 4.79 Å². The van der Waals surface area contributed by atoms with E-state index in [0.29, 0.717) is 0 Å². The summed E-state index contributed by atoms with van der Waals surface area (Å²) in [5, 5.41) is 3.09. The van der Waals surface area contributed by atoms with E-state index in [-0.39, 0.29) is 17.9 Å². The van der Waals surface area contributed by atoms with Gasteiger partial charge in [0.15, 0.2) is 0 Å². The molecule has 1 aromatic carbocycles. The summed E-state index contributed by atoms with van der Waals surface area (Å²) >= 11 is 0. The molecule has 1 atom stereocenters. The molecule has 1 saturated carbocycles. The first-order chi connectivity index (χ1) is 9.65. The first kappa shape index (κ1) is 14.7. The highest BCUT2D eigenvalue weighted by Gasteiger charge is 2.24. The van der Waals surface area contributed by atoms with Crippen LogP contribution in [0, 0.1) is 5.92 Å². The molecule has 110 valence electrons. The number of benzene rings is 1. The highest BCUT2D eigenvalue weighted by atomic mass is 16.5. The number of carbonyl (C=O) groups excluding carboxylic acids is 1. The number of hydrogen-bond acceptors (Lipinski definition) is 3. The number of methoxy groups -OCH3 is 2. The van der Waals surface area contributed by atoms with Crippen LogP contribution in [0.2, 0.25) is 0 Å². The van der Waals surface area contributed by atoms with Crippen LogP contribution in [0.1, 0.15) is 44.2 Å². The topological polar surface area (TPSA) is 47.6 Å². The van der Waals surface area contributed by atoms with E-state index < -0.39 is 0 Å². The molecule has 0 unspecified atom stereocenters. The molecule has 4 nitrogen and oxygen atoms in total. The molecular weight excluding hydrogens is 254 g/mol. The van der Waals surface area contributed by atoms with Crippen molar-refractivity contribution in [1.29, 1.82) is 0 Å². The van der Waals surface area contributed by atoms with Crippen molar-refractivity contribution in [1.82, 2.24) is 5.32 Å². The molecule has 2 rings (SSSR count). The van der Waals surface area contributed by atoms with Gasteiger partial charge in [-0.1, -0.05) is 12.8 Å². The van der Waals surface area contributed by atoms with E-state index in [1.165, 1.54) is 0 Å². The van der Waals surface area contributed by atoms with Gasteiger partial charge in [-0.25, -0.2) is 0 Å². The monoisotopic (exact) mass is 277 g/mol. The molecular formula is C16H23NO3. The van der Waals surface area contributed by atoms with Gasteiger partial charge in [-0.2, -0.15) is 0 Å². The number of ether oxygens (including phenoxy) is 2. The highest BCUT2D eigenvalue weighted by Crippen LogP contribution is 2.30. The van der Waals surface area contributed by atoms with Gasteiger partial charge in [0.05, 0.1) is 20.3 Å². The predicted octanol–water partition coefficient (Wildman–Crippen LogP) is 3.07. The van der Waals surface area contributed by atoms with Gasteiger partial charge < -0.3 is 14.8 Å². The van der Waals surface area contributed by atoms with Gasteiger partial charge in [0, 0.05) is 11.5 Å². The van der Waals surface area contributed by atoms with Gasteiger partial charge in [0.1, 0.15) is 11.5 Å². The molecule has 0 aromatic heterocycles. The van der Waals surface area contributed by atoms with Crippen LogP contribution < -0.4 is 14.8 Å². The van der Waals surface area contributed by atoms with Crippen LogP contribution in [0.4, 0.5) is 0 Å². The highest BCUT2D eigenvalue weighted by molar-refractivity contribution is 5.79. The third kappa shape index (κ3) is 3.24. The predicted molar refractivity (Wildman–Crippen MR) is 78.1 cm³/mol. The Bertz CT molecular complexity index is 467. The summed E-state index contributed by atoms with van der Waals surface area (Å²) in [6.07, 6.45) is 4.34. The second-order valence-corrected chi connectivity index (χ2v) is 5.32. The van der Waals surface area contributed by atoms with Crippen molar-refractivity contribution in [3.8, 4) is 11.5 Å². The van der Waals surface area contributed by atoms with Gasteiger partial charge >= 0.3 is 0 Å². The number of amides is 1. The van der Waals surface area contributed by atoms with Gasteiger partial charge in [-0.3, -0.25) is 4.79 Å². The first-order valence-corrected chi connectivity index (χ1v) is 7.18. The molecule has 4 heteroatoms. The van der Waals surface area contributed by atoms with Crippen molar-refractivity contribution in [2.45, 2.75) is 38.6 Å². The molecule has 1 aliphatic rings. The minimum Gasteiger partial charge on any atom is -0.497 e. The molecule has 1 fully saturated rings. The number of rotatable bonds is 5. The van der Waals surface area contributed by atoms with E-state index in [0.717, 1.165) is 42.7 Å². The lowest BCUT2D eigenvalue weighted by Gasteiger charge is -2.20. The smallest absolute Gasteiger partial charge is 0.223 e. The lowest BCUT2D eigenvalue weighted by Crippen LogP contribution is -2.31. The Morgan fingerprint density at radius 2 is 1.95 bits per heavy atom. The standard InChI is InChI=1S/C16H23NO3/c1-11(17-16(18)12-6-4-5-7-12)14-10-13(19-2)8-9-15(14)20-3/h8-12H,4-7H2,1-3H3,(H,17,18)/t11-/m1/s1. The summed E-state index contributed by atoms with van der Waals surface area (Å²) in [5.74, 6) is 1.86. The van der Waals surface area contributed by atoms with Gasteiger partial charge in [0.25, 0.3) is 0 Å². The van der Waals surface area contributed by atoms with Crippen LogP contribution in [-0.4, -0.2) is 20.1 Å². The SMILES string of the molecule is COc1ccc(OC)c([C@@H](C)NC(=O)C2CCCC2)c1. The summed E-state index contributed by atoms with van der Waals surface area (Å²) in [7, 11) is 3.27. The maximum absolute atomic E-state index is 12.2. The molecule has 20 heavy (non-hydrogen) atoms. The lowest BCUT2D eigenvalue weighted by atomic mass is 10.0. The summed E-state index contributed by atoms with van der Waals surface area (Å²) < 4.78 is 10.6. The molecule has 0 heterocycles. The normalized spacial score (nSPS) is 16.8. The maximum Gasteiger partial charge on any atom is 0.223 e. The summed E-state index contributed by atoms with van der Waals surface area (Å²) in [6.45, 7) is 1.98. The fourth-order valence-electron chi connectivity index (χ4n) is 2.77. The van der Waals surface area contributed by atoms with Crippen molar-refractivity contribution >= 4 is 5.91 Å². The summed E-state index contributed by atoms with van der Waals surface area (Å²) in [6, 6.07) is 5.55. The van der Waals surface area contributed by atoms with Crippen molar-refractivity contribution in [3.05, 3.63) is 23.8 Å². The third-order valence-electron chi connectivity index (χ3n) is 3.99. The Morgan fingerprint density at radius 3 is 2.55 bits per heavy atom. The van der Waals surface area contributed by atoms with E-state index >= 15 is 0 Å². The number of carbonyl (C=O) groups is 1. The third-order valence-corrected chi connectivity index (χ3v) is 3.99. The van der Waals surface area contributed by atoms with Crippen LogP contribution in [0.5, 0.6) is 11.5 Å². The number of hydrogen-bond donors (Lipinski definition) is 1. The molecule has 1 aromatic rings. The van der Waals surface area contributed by atoms with E-state index in [1.807, 2.05) is 25.1 Å². The Morgan fingerprint density at radius 1 is 1.25 bits per heavy atom. The van der Waals surface area contributed by atoms with Gasteiger partial charge in [-0.05, 0) is 38.0 Å².